The molecule has 0 saturated carbocycles. The number of hydrogen-bond acceptors (Lipinski definition) is 4. The van der Waals surface area contributed by atoms with Crippen LogP contribution in [0.15, 0.2) is 30.7 Å². The van der Waals surface area contributed by atoms with Crippen molar-refractivity contribution in [3.05, 3.63) is 47.4 Å². The second-order valence-corrected chi connectivity index (χ2v) is 5.09. The molecule has 0 bridgehead atoms. The number of benzene rings is 1. The molecule has 5 nitrogen and oxygen atoms in total. The third kappa shape index (κ3) is 2.31. The van der Waals surface area contributed by atoms with Gasteiger partial charge in [-0.15, -0.1) is 0 Å². The van der Waals surface area contributed by atoms with Crippen LogP contribution < -0.4 is 10.1 Å². The van der Waals surface area contributed by atoms with Gasteiger partial charge in [0, 0.05) is 19.4 Å². The average molecular weight is 282 g/mol. The third-order valence-electron chi connectivity index (χ3n) is 3.67. The highest BCUT2D eigenvalue weighted by atomic mass is 16.5. The molecule has 0 aliphatic carbocycles. The van der Waals surface area contributed by atoms with Gasteiger partial charge in [-0.2, -0.15) is 4.98 Å². The van der Waals surface area contributed by atoms with E-state index in [1.165, 1.54) is 5.56 Å². The van der Waals surface area contributed by atoms with Crippen molar-refractivity contribution in [1.82, 2.24) is 14.4 Å². The van der Waals surface area contributed by atoms with Gasteiger partial charge in [-0.25, -0.2) is 4.98 Å². The first-order valence-corrected chi connectivity index (χ1v) is 6.86. The number of nitrogens with one attached hydrogen (secondary N) is 1. The second-order valence-electron chi connectivity index (χ2n) is 5.09. The first kappa shape index (κ1) is 13.4. The fourth-order valence-electron chi connectivity index (χ4n) is 2.27. The Morgan fingerprint density at radius 2 is 1.90 bits per heavy atom. The molecule has 2 heterocycles. The zero-order chi connectivity index (χ0) is 15.0. The molecule has 2 aromatic heterocycles. The van der Waals surface area contributed by atoms with E-state index in [0.29, 0.717) is 11.5 Å². The van der Waals surface area contributed by atoms with Gasteiger partial charge in [-0.05, 0) is 37.5 Å². The molecule has 21 heavy (non-hydrogen) atoms. The van der Waals surface area contributed by atoms with E-state index < -0.39 is 0 Å². The molecule has 1 N–H and O–H groups in total. The van der Waals surface area contributed by atoms with Crippen molar-refractivity contribution in [3.63, 3.8) is 0 Å². The minimum absolute atomic E-state index is 0.503. The summed E-state index contributed by atoms with van der Waals surface area (Å²) < 4.78 is 8.00. The Hall–Kier alpha value is -2.56. The lowest BCUT2D eigenvalue weighted by molar-refractivity contribution is 0.458. The maximum absolute atomic E-state index is 6.10. The van der Waals surface area contributed by atoms with Gasteiger partial charge >= 0.3 is 0 Å². The topological polar surface area (TPSA) is 51.5 Å². The minimum atomic E-state index is 0.503. The average Bonchev–Trinajstić information content (AvgIpc) is 2.95. The molecule has 0 amide bonds. The Morgan fingerprint density at radius 3 is 2.67 bits per heavy atom. The largest absolute Gasteiger partial charge is 0.435 e. The maximum atomic E-state index is 6.10. The number of fused-ring (bicyclic) bond motifs is 1. The summed E-state index contributed by atoms with van der Waals surface area (Å²) in [5, 5.41) is 3.04. The fourth-order valence-corrected chi connectivity index (χ4v) is 2.27. The number of rotatable bonds is 3. The molecule has 0 unspecified atom stereocenters. The lowest BCUT2D eigenvalue weighted by Gasteiger charge is -2.14. The third-order valence-corrected chi connectivity index (χ3v) is 3.67. The van der Waals surface area contributed by atoms with Gasteiger partial charge in [0.1, 0.15) is 11.6 Å². The van der Waals surface area contributed by atoms with Crippen LogP contribution in [0.2, 0.25) is 0 Å². The summed E-state index contributed by atoms with van der Waals surface area (Å²) in [4.78, 5) is 8.80. The van der Waals surface area contributed by atoms with Gasteiger partial charge < -0.3 is 10.1 Å². The molecule has 0 aliphatic heterocycles. The van der Waals surface area contributed by atoms with E-state index in [4.69, 9.17) is 4.74 Å². The summed E-state index contributed by atoms with van der Waals surface area (Å²) in [5.74, 6) is 2.09. The smallest absolute Gasteiger partial charge is 0.265 e. The molecule has 0 radical (unpaired) electrons. The molecule has 0 fully saturated rings. The van der Waals surface area contributed by atoms with Crippen molar-refractivity contribution in [2.45, 2.75) is 20.8 Å². The number of anilines is 1. The zero-order valence-electron chi connectivity index (χ0n) is 12.6. The minimum Gasteiger partial charge on any atom is -0.435 e. The van der Waals surface area contributed by atoms with Crippen LogP contribution in [0.4, 0.5) is 5.82 Å². The SMILES string of the molecule is CNc1cn2ccnc2c(Oc2c(C)ccc(C)c2C)n1. The van der Waals surface area contributed by atoms with Crippen molar-refractivity contribution in [2.75, 3.05) is 12.4 Å². The van der Waals surface area contributed by atoms with Crippen LogP contribution in [0.3, 0.4) is 0 Å². The molecular formula is C16H18N4O. The molecule has 5 heteroatoms. The van der Waals surface area contributed by atoms with Gasteiger partial charge in [0.25, 0.3) is 5.88 Å². The van der Waals surface area contributed by atoms with Crippen molar-refractivity contribution in [3.8, 4) is 11.6 Å². The van der Waals surface area contributed by atoms with E-state index in [1.807, 2.05) is 30.8 Å². The Kier molecular flexibility index (Phi) is 3.25. The lowest BCUT2D eigenvalue weighted by Crippen LogP contribution is -2.01. The molecular weight excluding hydrogens is 264 g/mol. The zero-order valence-corrected chi connectivity index (χ0v) is 12.6. The van der Waals surface area contributed by atoms with Crippen molar-refractivity contribution in [2.24, 2.45) is 0 Å². The van der Waals surface area contributed by atoms with Crippen molar-refractivity contribution >= 4 is 11.5 Å². The molecule has 108 valence electrons. The predicted octanol–water partition coefficient (Wildman–Crippen LogP) is 3.49. The fraction of sp³-hybridized carbons (Fsp3) is 0.250. The molecule has 3 aromatic rings. The molecule has 0 spiro atoms. The number of ether oxygens (including phenoxy) is 1. The van der Waals surface area contributed by atoms with Gasteiger partial charge in [-0.3, -0.25) is 4.40 Å². The Bertz CT molecular complexity index is 807. The van der Waals surface area contributed by atoms with Crippen LogP contribution in [-0.2, 0) is 0 Å². The first-order valence-electron chi connectivity index (χ1n) is 6.86. The highest BCUT2D eigenvalue weighted by molar-refractivity contribution is 5.56. The lowest BCUT2D eigenvalue weighted by atomic mass is 10.1. The molecule has 0 atom stereocenters. The van der Waals surface area contributed by atoms with Crippen LogP contribution in [0.1, 0.15) is 16.7 Å². The van der Waals surface area contributed by atoms with Crippen LogP contribution in [-0.4, -0.2) is 21.4 Å². The molecule has 0 saturated heterocycles. The number of imidazole rings is 1. The maximum Gasteiger partial charge on any atom is 0.265 e. The summed E-state index contributed by atoms with van der Waals surface area (Å²) in [7, 11) is 1.83. The molecule has 0 aliphatic rings. The van der Waals surface area contributed by atoms with E-state index in [1.54, 1.807) is 6.20 Å². The Morgan fingerprint density at radius 1 is 1.14 bits per heavy atom. The summed E-state index contributed by atoms with van der Waals surface area (Å²) in [6.45, 7) is 6.17. The van der Waals surface area contributed by atoms with Gasteiger partial charge in [-0.1, -0.05) is 12.1 Å². The summed E-state index contributed by atoms with van der Waals surface area (Å²) in [5.41, 5.74) is 4.10. The number of hydrogen-bond donors (Lipinski definition) is 1. The molecule has 3 rings (SSSR count). The highest BCUT2D eigenvalue weighted by Gasteiger charge is 2.13. The summed E-state index contributed by atoms with van der Waals surface area (Å²) in [6.07, 6.45) is 5.49. The van der Waals surface area contributed by atoms with Crippen molar-refractivity contribution < 1.29 is 4.74 Å². The summed E-state index contributed by atoms with van der Waals surface area (Å²) >= 11 is 0. The Balaban J connectivity index is 2.14. The number of aryl methyl sites for hydroxylation is 2. The predicted molar refractivity (Wildman–Crippen MR) is 83.3 cm³/mol. The van der Waals surface area contributed by atoms with E-state index in [9.17, 15) is 0 Å². The van der Waals surface area contributed by atoms with Crippen LogP contribution in [0.5, 0.6) is 11.6 Å². The van der Waals surface area contributed by atoms with E-state index in [2.05, 4.69) is 41.3 Å². The number of nitrogens with zero attached hydrogens (tertiary/aromatic N) is 3. The van der Waals surface area contributed by atoms with Gasteiger partial charge in [0.15, 0.2) is 0 Å². The quantitative estimate of drug-likeness (QED) is 0.799. The van der Waals surface area contributed by atoms with Gasteiger partial charge in [0.2, 0.25) is 5.65 Å². The second kappa shape index (κ2) is 5.09. The van der Waals surface area contributed by atoms with E-state index in [-0.39, 0.29) is 0 Å². The standard InChI is InChI=1S/C16H18N4O/c1-10-5-6-11(2)14(12(10)3)21-16-15-18-7-8-20(15)9-13(17-4)19-16/h5-9,17H,1-4H3. The van der Waals surface area contributed by atoms with E-state index >= 15 is 0 Å². The highest BCUT2D eigenvalue weighted by Crippen LogP contribution is 2.31. The van der Waals surface area contributed by atoms with Crippen LogP contribution in [0.25, 0.3) is 5.65 Å². The number of aromatic nitrogens is 3. The van der Waals surface area contributed by atoms with E-state index in [0.717, 1.165) is 22.7 Å². The van der Waals surface area contributed by atoms with Gasteiger partial charge in [0.05, 0.1) is 6.20 Å². The van der Waals surface area contributed by atoms with Crippen molar-refractivity contribution in [1.29, 1.82) is 0 Å². The Labute approximate surface area is 123 Å². The van der Waals surface area contributed by atoms with Crippen LogP contribution >= 0.6 is 0 Å². The summed E-state index contributed by atoms with van der Waals surface area (Å²) in [6, 6.07) is 4.16. The monoisotopic (exact) mass is 282 g/mol. The normalized spacial score (nSPS) is 10.9. The first-order chi connectivity index (χ1) is 10.1. The molecule has 1 aromatic carbocycles. The van der Waals surface area contributed by atoms with Crippen LogP contribution in [0, 0.1) is 20.8 Å².